The minimum atomic E-state index is -3.83. The Balaban J connectivity index is 1.91. The summed E-state index contributed by atoms with van der Waals surface area (Å²) in [6, 6.07) is 4.97. The van der Waals surface area contributed by atoms with Crippen molar-refractivity contribution in [2.45, 2.75) is 23.8 Å². The topological polar surface area (TPSA) is 118 Å². The molecule has 116 valence electrons. The summed E-state index contributed by atoms with van der Waals surface area (Å²) in [6.07, 6.45) is 2.26. The van der Waals surface area contributed by atoms with Gasteiger partial charge in [0.25, 0.3) is 0 Å². The molecule has 0 bridgehead atoms. The van der Waals surface area contributed by atoms with Crippen molar-refractivity contribution in [3.05, 3.63) is 30.6 Å². The highest BCUT2D eigenvalue weighted by Gasteiger charge is 2.39. The maximum Gasteiger partial charge on any atom is 0.322 e. The third-order valence-electron chi connectivity index (χ3n) is 3.55. The first kappa shape index (κ1) is 14.6. The second kappa shape index (κ2) is 5.46. The molecule has 1 saturated heterocycles. The highest BCUT2D eigenvalue weighted by atomic mass is 32.2. The molecule has 1 aromatic carbocycles. The molecule has 1 unspecified atom stereocenters. The summed E-state index contributed by atoms with van der Waals surface area (Å²) < 4.78 is 27.6. The van der Waals surface area contributed by atoms with Crippen LogP contribution in [0.3, 0.4) is 0 Å². The fourth-order valence-corrected chi connectivity index (χ4v) is 4.11. The van der Waals surface area contributed by atoms with Gasteiger partial charge in [0.2, 0.25) is 10.0 Å². The molecule has 1 aliphatic heterocycles. The lowest BCUT2D eigenvalue weighted by molar-refractivity contribution is -0.140. The number of aromatic nitrogens is 4. The van der Waals surface area contributed by atoms with Gasteiger partial charge in [-0.1, -0.05) is 0 Å². The molecular weight excluding hydrogens is 310 g/mol. The van der Waals surface area contributed by atoms with Crippen molar-refractivity contribution in [1.29, 1.82) is 0 Å². The van der Waals surface area contributed by atoms with E-state index in [9.17, 15) is 13.2 Å². The highest BCUT2D eigenvalue weighted by molar-refractivity contribution is 7.89. The molecule has 1 aliphatic rings. The minimum Gasteiger partial charge on any atom is -0.480 e. The largest absolute Gasteiger partial charge is 0.480 e. The van der Waals surface area contributed by atoms with Crippen LogP contribution in [0.4, 0.5) is 0 Å². The molecule has 1 aromatic heterocycles. The molecule has 0 aliphatic carbocycles. The Morgan fingerprint density at radius 3 is 2.59 bits per heavy atom. The van der Waals surface area contributed by atoms with Gasteiger partial charge in [-0.15, -0.1) is 5.10 Å². The number of benzene rings is 1. The fraction of sp³-hybridized carbons (Fsp3) is 0.333. The van der Waals surface area contributed by atoms with Crippen LogP contribution in [-0.4, -0.2) is 56.6 Å². The van der Waals surface area contributed by atoms with Crippen molar-refractivity contribution in [1.82, 2.24) is 24.5 Å². The summed E-state index contributed by atoms with van der Waals surface area (Å²) in [4.78, 5) is 11.2. The van der Waals surface area contributed by atoms with Crippen LogP contribution in [0.5, 0.6) is 0 Å². The second-order valence-corrected chi connectivity index (χ2v) is 6.75. The molecule has 22 heavy (non-hydrogen) atoms. The minimum absolute atomic E-state index is 0.0532. The predicted molar refractivity (Wildman–Crippen MR) is 73.7 cm³/mol. The third kappa shape index (κ3) is 2.46. The first-order valence-corrected chi connectivity index (χ1v) is 8.02. The molecule has 9 nitrogen and oxygen atoms in total. The van der Waals surface area contributed by atoms with Crippen LogP contribution in [0.1, 0.15) is 12.8 Å². The normalized spacial score (nSPS) is 19.4. The molecule has 1 N–H and O–H groups in total. The van der Waals surface area contributed by atoms with Crippen molar-refractivity contribution in [3.63, 3.8) is 0 Å². The molecule has 3 rings (SSSR count). The van der Waals surface area contributed by atoms with E-state index in [1.54, 1.807) is 12.1 Å². The molecule has 0 amide bonds. The van der Waals surface area contributed by atoms with Crippen LogP contribution in [0.15, 0.2) is 35.5 Å². The zero-order valence-electron chi connectivity index (χ0n) is 11.4. The zero-order valence-corrected chi connectivity index (χ0v) is 12.2. The summed E-state index contributed by atoms with van der Waals surface area (Å²) in [5.74, 6) is -1.12. The Morgan fingerprint density at radius 1 is 1.27 bits per heavy atom. The van der Waals surface area contributed by atoms with E-state index < -0.39 is 22.0 Å². The Kier molecular flexibility index (Phi) is 3.62. The number of nitrogens with zero attached hydrogens (tertiary/aromatic N) is 5. The van der Waals surface area contributed by atoms with Crippen molar-refractivity contribution in [3.8, 4) is 5.69 Å². The number of hydrogen-bond donors (Lipinski definition) is 1. The van der Waals surface area contributed by atoms with Gasteiger partial charge in [-0.25, -0.2) is 13.1 Å². The van der Waals surface area contributed by atoms with Gasteiger partial charge in [-0.05, 0) is 47.5 Å². The van der Waals surface area contributed by atoms with Crippen LogP contribution in [0, 0.1) is 0 Å². The van der Waals surface area contributed by atoms with Gasteiger partial charge in [0.05, 0.1) is 10.6 Å². The van der Waals surface area contributed by atoms with Crippen LogP contribution in [0.2, 0.25) is 0 Å². The van der Waals surface area contributed by atoms with Crippen molar-refractivity contribution in [2.24, 2.45) is 0 Å². The number of carboxylic acids is 1. The van der Waals surface area contributed by atoms with Crippen molar-refractivity contribution in [2.75, 3.05) is 6.54 Å². The highest BCUT2D eigenvalue weighted by Crippen LogP contribution is 2.26. The molecule has 0 radical (unpaired) electrons. The van der Waals surface area contributed by atoms with E-state index in [0.717, 1.165) is 4.31 Å². The van der Waals surface area contributed by atoms with E-state index in [2.05, 4.69) is 15.5 Å². The quantitative estimate of drug-likeness (QED) is 0.834. The molecule has 2 aromatic rings. The summed E-state index contributed by atoms with van der Waals surface area (Å²) >= 11 is 0. The monoisotopic (exact) mass is 323 g/mol. The number of carboxylic acid groups (broad SMARTS) is 1. The number of hydrogen-bond acceptors (Lipinski definition) is 6. The van der Waals surface area contributed by atoms with Gasteiger partial charge in [-0.3, -0.25) is 4.79 Å². The van der Waals surface area contributed by atoms with Gasteiger partial charge in [0, 0.05) is 6.54 Å². The number of sulfonamides is 1. The van der Waals surface area contributed by atoms with Crippen LogP contribution < -0.4 is 0 Å². The second-order valence-electron chi connectivity index (χ2n) is 4.86. The number of carbonyl (C=O) groups is 1. The fourth-order valence-electron chi connectivity index (χ4n) is 2.46. The molecule has 0 spiro atoms. The van der Waals surface area contributed by atoms with Crippen LogP contribution >= 0.6 is 0 Å². The predicted octanol–water partition coefficient (Wildman–Crippen LogP) is -0.100. The van der Waals surface area contributed by atoms with Gasteiger partial charge < -0.3 is 5.11 Å². The summed E-state index contributed by atoms with van der Waals surface area (Å²) in [7, 11) is -3.83. The summed E-state index contributed by atoms with van der Waals surface area (Å²) in [5, 5.41) is 19.8. The van der Waals surface area contributed by atoms with E-state index in [-0.39, 0.29) is 11.4 Å². The van der Waals surface area contributed by atoms with Gasteiger partial charge >= 0.3 is 5.97 Å². The van der Waals surface area contributed by atoms with Gasteiger partial charge in [0.15, 0.2) is 0 Å². The molecule has 10 heteroatoms. The molecule has 0 saturated carbocycles. The Hall–Kier alpha value is -2.33. The average Bonchev–Trinajstić information content (AvgIpc) is 3.19. The van der Waals surface area contributed by atoms with Crippen molar-refractivity contribution < 1.29 is 18.3 Å². The molecule has 2 heterocycles. The maximum absolute atomic E-state index is 12.6. The Morgan fingerprint density at radius 2 is 2.00 bits per heavy atom. The molecule has 1 atom stereocenters. The Bertz CT molecular complexity index is 772. The van der Waals surface area contributed by atoms with E-state index in [1.807, 2.05) is 0 Å². The zero-order chi connectivity index (χ0) is 15.7. The first-order valence-electron chi connectivity index (χ1n) is 6.58. The SMILES string of the molecule is O=C(O)C1CCCN1S(=O)(=O)c1ccc(-n2cnnn2)cc1. The number of aliphatic carboxylic acids is 1. The molecule has 1 fully saturated rings. The lowest BCUT2D eigenvalue weighted by atomic mass is 10.2. The van der Waals surface area contributed by atoms with Gasteiger partial charge in [-0.2, -0.15) is 4.31 Å². The number of rotatable bonds is 4. The molecular formula is C12H13N5O4S. The lowest BCUT2D eigenvalue weighted by Gasteiger charge is -2.21. The first-order chi connectivity index (χ1) is 10.5. The number of tetrazole rings is 1. The van der Waals surface area contributed by atoms with Crippen molar-refractivity contribution >= 4 is 16.0 Å². The van der Waals surface area contributed by atoms with Gasteiger partial charge in [0.1, 0.15) is 12.4 Å². The van der Waals surface area contributed by atoms with Crippen LogP contribution in [0.25, 0.3) is 5.69 Å². The van der Waals surface area contributed by atoms with E-state index in [1.165, 1.54) is 23.1 Å². The Labute approximate surface area is 126 Å². The standard InChI is InChI=1S/C12H13N5O4S/c18-12(19)11-2-1-7-17(11)22(20,21)10-5-3-9(4-6-10)16-8-13-14-15-16/h3-6,8,11H,1-2,7H2,(H,18,19). The maximum atomic E-state index is 12.6. The van der Waals surface area contributed by atoms with E-state index in [0.29, 0.717) is 18.5 Å². The van der Waals surface area contributed by atoms with Crippen LogP contribution in [-0.2, 0) is 14.8 Å². The summed E-state index contributed by atoms with van der Waals surface area (Å²) in [6.45, 7) is 0.216. The third-order valence-corrected chi connectivity index (χ3v) is 5.47. The lowest BCUT2D eigenvalue weighted by Crippen LogP contribution is -2.40. The van der Waals surface area contributed by atoms with E-state index in [4.69, 9.17) is 5.11 Å². The van der Waals surface area contributed by atoms with E-state index >= 15 is 0 Å². The summed E-state index contributed by atoms with van der Waals surface area (Å²) in [5.41, 5.74) is 0.611. The average molecular weight is 323 g/mol. The smallest absolute Gasteiger partial charge is 0.322 e.